The molecule has 0 bridgehead atoms. The highest BCUT2D eigenvalue weighted by molar-refractivity contribution is 5.75. The molecular formula is C2H5N5O. The third-order valence-electron chi connectivity index (χ3n) is 0.441. The molecule has 0 saturated carbocycles. The normalized spacial score (nSPS) is 7.50. The maximum absolute atomic E-state index is 7.93. The van der Waals surface area contributed by atoms with Gasteiger partial charge in [0.25, 0.3) is 0 Å². The fourth-order valence-corrected chi connectivity index (χ4v) is 0.130. The number of hydrogen-bond acceptors (Lipinski definition) is 4. The van der Waals surface area contributed by atoms with Crippen molar-refractivity contribution in [2.45, 2.75) is 0 Å². The minimum absolute atomic E-state index is 0.389. The highest BCUT2D eigenvalue weighted by Crippen LogP contribution is 1.68. The van der Waals surface area contributed by atoms with Crippen molar-refractivity contribution in [2.24, 2.45) is 5.73 Å². The number of hydrogen-bond donors (Lipinski definition) is 4. The van der Waals surface area contributed by atoms with Crippen LogP contribution in [0.25, 0.3) is 0 Å². The second kappa shape index (κ2) is 2.79. The molecule has 0 saturated heterocycles. The van der Waals surface area contributed by atoms with E-state index in [1.165, 1.54) is 11.8 Å². The van der Waals surface area contributed by atoms with E-state index in [0.29, 0.717) is 5.01 Å². The molecule has 0 aliphatic heterocycles. The zero-order valence-electron chi connectivity index (χ0n) is 3.92. The Morgan fingerprint density at radius 2 is 2.50 bits per heavy atom. The molecule has 0 radical (unpaired) electrons. The van der Waals surface area contributed by atoms with Gasteiger partial charge in [-0.05, 0) is 0 Å². The molecule has 0 aromatic rings. The smallest absolute Gasteiger partial charge is 0.219 e. The summed E-state index contributed by atoms with van der Waals surface area (Å²) in [5.74, 6) is -0.560. The van der Waals surface area contributed by atoms with Gasteiger partial charge in [0.2, 0.25) is 12.2 Å². The lowest BCUT2D eigenvalue weighted by atomic mass is 10.9. The molecule has 5 N–H and O–H groups in total. The Morgan fingerprint density at radius 3 is 2.50 bits per heavy atom. The lowest BCUT2D eigenvalue weighted by molar-refractivity contribution is 0.0646. The number of nitriles is 1. The SMILES string of the molecule is N#CN(NO)C(=N)N. The van der Waals surface area contributed by atoms with E-state index < -0.39 is 5.96 Å². The van der Waals surface area contributed by atoms with Gasteiger partial charge >= 0.3 is 0 Å². The molecule has 0 spiro atoms. The van der Waals surface area contributed by atoms with Gasteiger partial charge in [-0.3, -0.25) is 10.6 Å². The summed E-state index contributed by atoms with van der Waals surface area (Å²) in [6.45, 7) is 0. The molecule has 0 aromatic carbocycles. The third-order valence-corrected chi connectivity index (χ3v) is 0.441. The van der Waals surface area contributed by atoms with Gasteiger partial charge in [-0.15, -0.1) is 0 Å². The van der Waals surface area contributed by atoms with Gasteiger partial charge in [0, 0.05) is 0 Å². The Labute approximate surface area is 45.6 Å². The van der Waals surface area contributed by atoms with E-state index >= 15 is 0 Å². The summed E-state index contributed by atoms with van der Waals surface area (Å²) in [5, 5.41) is 22.8. The van der Waals surface area contributed by atoms with Crippen LogP contribution in [0.1, 0.15) is 0 Å². The average Bonchev–Trinajstić information content (AvgIpc) is 1.69. The van der Waals surface area contributed by atoms with Crippen molar-refractivity contribution in [2.75, 3.05) is 0 Å². The van der Waals surface area contributed by atoms with Gasteiger partial charge in [-0.1, -0.05) is 5.59 Å². The summed E-state index contributed by atoms with van der Waals surface area (Å²) in [6.07, 6.45) is 1.37. The highest BCUT2D eigenvalue weighted by Gasteiger charge is 1.98. The minimum atomic E-state index is -0.560. The predicted octanol–water partition coefficient (Wildman–Crippen LogP) is -1.44. The number of rotatable bonds is 1. The summed E-state index contributed by atoms with van der Waals surface area (Å²) in [7, 11) is 0. The van der Waals surface area contributed by atoms with Crippen LogP contribution in [0.4, 0.5) is 0 Å². The van der Waals surface area contributed by atoms with Crippen molar-refractivity contribution in [3.8, 4) is 6.19 Å². The predicted molar refractivity (Wildman–Crippen MR) is 24.3 cm³/mol. The Morgan fingerprint density at radius 1 is 2.00 bits per heavy atom. The molecule has 6 heteroatoms. The summed E-state index contributed by atoms with van der Waals surface area (Å²) in [6, 6.07) is 0. The molecule has 0 aromatic heterocycles. The third kappa shape index (κ3) is 1.42. The maximum Gasteiger partial charge on any atom is 0.219 e. The van der Waals surface area contributed by atoms with Gasteiger partial charge in [0.1, 0.15) is 0 Å². The molecule has 6 nitrogen and oxygen atoms in total. The fourth-order valence-electron chi connectivity index (χ4n) is 0.130. The Hall–Kier alpha value is -1.32. The van der Waals surface area contributed by atoms with Crippen LogP contribution in [0.15, 0.2) is 0 Å². The Bertz CT molecular complexity index is 125. The van der Waals surface area contributed by atoms with E-state index in [9.17, 15) is 0 Å². The maximum atomic E-state index is 7.93. The van der Waals surface area contributed by atoms with Crippen LogP contribution in [0.5, 0.6) is 0 Å². The van der Waals surface area contributed by atoms with Gasteiger partial charge in [0.05, 0.1) is 0 Å². The second-order valence-corrected chi connectivity index (χ2v) is 0.921. The first-order valence-electron chi connectivity index (χ1n) is 1.66. The Kier molecular flexibility index (Phi) is 2.33. The molecule has 0 unspecified atom stereocenters. The van der Waals surface area contributed by atoms with E-state index in [1.807, 2.05) is 0 Å². The highest BCUT2D eigenvalue weighted by atomic mass is 16.5. The lowest BCUT2D eigenvalue weighted by Crippen LogP contribution is -2.40. The van der Waals surface area contributed by atoms with E-state index in [1.54, 1.807) is 0 Å². The summed E-state index contributed by atoms with van der Waals surface area (Å²) >= 11 is 0. The monoisotopic (exact) mass is 115 g/mol. The van der Waals surface area contributed by atoms with Gasteiger partial charge in [-0.25, -0.2) is 0 Å². The topological polar surface area (TPSA) is 109 Å². The van der Waals surface area contributed by atoms with Crippen LogP contribution in [-0.2, 0) is 0 Å². The van der Waals surface area contributed by atoms with Gasteiger partial charge in [0.15, 0.2) is 0 Å². The van der Waals surface area contributed by atoms with Crippen LogP contribution in [0, 0.1) is 16.9 Å². The van der Waals surface area contributed by atoms with Crippen LogP contribution in [-0.4, -0.2) is 16.2 Å². The van der Waals surface area contributed by atoms with Crippen molar-refractivity contribution in [3.05, 3.63) is 0 Å². The number of nitrogens with zero attached hydrogens (tertiary/aromatic N) is 2. The van der Waals surface area contributed by atoms with Crippen molar-refractivity contribution in [1.82, 2.24) is 10.6 Å². The first kappa shape index (κ1) is 6.68. The molecule has 0 aliphatic rings. The van der Waals surface area contributed by atoms with Crippen LogP contribution in [0.3, 0.4) is 0 Å². The molecule has 44 valence electrons. The zero-order chi connectivity index (χ0) is 6.57. The average molecular weight is 115 g/mol. The summed E-state index contributed by atoms with van der Waals surface area (Å²) in [4.78, 5) is 0. The standard InChI is InChI=1S/C2H5N5O/c3-1-7(6-8)2(4)5/h6,8H,(H3,4,5). The molecule has 0 heterocycles. The van der Waals surface area contributed by atoms with Crippen molar-refractivity contribution in [3.63, 3.8) is 0 Å². The van der Waals surface area contributed by atoms with E-state index in [0.717, 1.165) is 0 Å². The van der Waals surface area contributed by atoms with E-state index in [2.05, 4.69) is 0 Å². The Balaban J connectivity index is 3.76. The first-order valence-corrected chi connectivity index (χ1v) is 1.66. The van der Waals surface area contributed by atoms with E-state index in [-0.39, 0.29) is 0 Å². The van der Waals surface area contributed by atoms with Crippen molar-refractivity contribution >= 4 is 5.96 Å². The number of hydrazine groups is 1. The fraction of sp³-hybridized carbons (Fsp3) is 0. The number of nitrogens with one attached hydrogen (secondary N) is 2. The van der Waals surface area contributed by atoms with Crippen LogP contribution in [0.2, 0.25) is 0 Å². The zero-order valence-corrected chi connectivity index (χ0v) is 3.92. The molecule has 0 rings (SSSR count). The van der Waals surface area contributed by atoms with Crippen molar-refractivity contribution in [1.29, 1.82) is 10.7 Å². The first-order chi connectivity index (χ1) is 3.72. The summed E-state index contributed by atoms with van der Waals surface area (Å²) < 4.78 is 0. The molecule has 8 heavy (non-hydrogen) atoms. The molecule has 0 atom stereocenters. The van der Waals surface area contributed by atoms with Gasteiger partial charge in [-0.2, -0.15) is 10.3 Å². The molecular weight excluding hydrogens is 110 g/mol. The number of guanidine groups is 1. The second-order valence-electron chi connectivity index (χ2n) is 0.921. The minimum Gasteiger partial charge on any atom is -0.368 e. The molecule has 0 aliphatic carbocycles. The number of nitrogens with two attached hydrogens (primary N) is 1. The molecule has 0 fully saturated rings. The summed E-state index contributed by atoms with van der Waals surface area (Å²) in [5.41, 5.74) is 6.10. The quantitative estimate of drug-likeness (QED) is 0.110. The van der Waals surface area contributed by atoms with Gasteiger partial charge < -0.3 is 5.73 Å². The largest absolute Gasteiger partial charge is 0.368 e. The van der Waals surface area contributed by atoms with Crippen LogP contribution >= 0.6 is 0 Å². The lowest BCUT2D eigenvalue weighted by Gasteiger charge is -2.06. The van der Waals surface area contributed by atoms with Crippen LogP contribution < -0.4 is 11.3 Å². The molecule has 0 amide bonds. The van der Waals surface area contributed by atoms with E-state index in [4.69, 9.17) is 21.6 Å². The van der Waals surface area contributed by atoms with Crippen molar-refractivity contribution < 1.29 is 5.21 Å².